The van der Waals surface area contributed by atoms with Gasteiger partial charge < -0.3 is 14.4 Å². The number of rotatable bonds is 7. The third-order valence-electron chi connectivity index (χ3n) is 5.60. The minimum Gasteiger partial charge on any atom is -0.497 e. The topological polar surface area (TPSA) is 73.7 Å². The van der Waals surface area contributed by atoms with E-state index in [1.807, 2.05) is 49.1 Å². The van der Waals surface area contributed by atoms with Gasteiger partial charge in [-0.15, -0.1) is 0 Å². The molecule has 0 spiro atoms. The van der Waals surface area contributed by atoms with E-state index in [1.165, 1.54) is 4.68 Å². The fraction of sp³-hybridized carbons (Fsp3) is 0.375. The number of carbonyl (C=O) groups excluding carboxylic acids is 1. The summed E-state index contributed by atoms with van der Waals surface area (Å²) in [5, 5.41) is 5.59. The molecule has 0 aliphatic heterocycles. The quantitative estimate of drug-likeness (QED) is 0.580. The van der Waals surface area contributed by atoms with Crippen LogP contribution in [-0.2, 0) is 6.54 Å². The zero-order valence-electron chi connectivity index (χ0n) is 18.3. The molecule has 1 saturated carbocycles. The van der Waals surface area contributed by atoms with Gasteiger partial charge >= 0.3 is 0 Å². The molecule has 4 rings (SSSR count). The molecule has 0 atom stereocenters. The monoisotopic (exact) mass is 421 g/mol. The molecule has 1 heterocycles. The van der Waals surface area contributed by atoms with Crippen LogP contribution < -0.4 is 15.0 Å². The Hall–Kier alpha value is -3.35. The Morgan fingerprint density at radius 1 is 1.13 bits per heavy atom. The summed E-state index contributed by atoms with van der Waals surface area (Å²) in [6.07, 6.45) is 1.89. The van der Waals surface area contributed by atoms with Crippen LogP contribution in [0.1, 0.15) is 48.8 Å². The van der Waals surface area contributed by atoms with Crippen molar-refractivity contribution in [2.45, 2.75) is 45.3 Å². The lowest BCUT2D eigenvalue weighted by atomic mass is 10.1. The average molecular weight is 421 g/mol. The summed E-state index contributed by atoms with van der Waals surface area (Å²) in [6, 6.07) is 12.7. The summed E-state index contributed by atoms with van der Waals surface area (Å²) in [5.74, 6) is 1.22. The number of hydrogen-bond donors (Lipinski definition) is 0. The molecule has 0 saturated heterocycles. The van der Waals surface area contributed by atoms with Crippen LogP contribution in [-0.4, -0.2) is 40.8 Å². The lowest BCUT2D eigenvalue weighted by Gasteiger charge is -2.24. The fourth-order valence-corrected chi connectivity index (χ4v) is 3.79. The van der Waals surface area contributed by atoms with Gasteiger partial charge in [0.05, 0.1) is 32.2 Å². The Bertz CT molecular complexity index is 1180. The molecule has 0 N–H and O–H groups in total. The van der Waals surface area contributed by atoms with E-state index in [-0.39, 0.29) is 23.6 Å². The Labute approximate surface area is 181 Å². The number of fused-ring (bicyclic) bond motifs is 1. The number of methoxy groups -OCH3 is 2. The normalized spacial score (nSPS) is 13.5. The minimum atomic E-state index is -0.186. The molecule has 2 aromatic carbocycles. The first-order chi connectivity index (χ1) is 14.9. The zero-order valence-corrected chi connectivity index (χ0v) is 18.3. The van der Waals surface area contributed by atoms with Gasteiger partial charge in [0.1, 0.15) is 11.5 Å². The van der Waals surface area contributed by atoms with E-state index in [9.17, 15) is 9.59 Å². The number of hydrogen-bond acceptors (Lipinski definition) is 5. The molecule has 1 aliphatic rings. The van der Waals surface area contributed by atoms with Crippen LogP contribution in [0.3, 0.4) is 0 Å². The smallest absolute Gasteiger partial charge is 0.275 e. The molecule has 31 heavy (non-hydrogen) atoms. The predicted molar refractivity (Wildman–Crippen MR) is 119 cm³/mol. The highest BCUT2D eigenvalue weighted by atomic mass is 16.5. The molecule has 0 unspecified atom stereocenters. The summed E-state index contributed by atoms with van der Waals surface area (Å²) < 4.78 is 12.3. The Kier molecular flexibility index (Phi) is 5.67. The van der Waals surface area contributed by atoms with Gasteiger partial charge in [-0.2, -0.15) is 5.10 Å². The van der Waals surface area contributed by atoms with Crippen molar-refractivity contribution in [1.29, 1.82) is 0 Å². The SMILES string of the molecule is COc1ccc(OC)c(CN(C(=O)c2nn(C(C)C)c(=O)c3ccccc23)C2CC2)c1. The predicted octanol–water partition coefficient (Wildman–Crippen LogP) is 3.80. The minimum absolute atomic E-state index is 0.142. The Morgan fingerprint density at radius 3 is 2.45 bits per heavy atom. The number of amides is 1. The summed E-state index contributed by atoms with van der Waals surface area (Å²) in [7, 11) is 3.22. The van der Waals surface area contributed by atoms with Gasteiger partial charge in [0.15, 0.2) is 5.69 Å². The van der Waals surface area contributed by atoms with E-state index in [0.717, 1.165) is 18.4 Å². The van der Waals surface area contributed by atoms with Crippen LogP contribution in [0.4, 0.5) is 0 Å². The number of aromatic nitrogens is 2. The number of ether oxygens (including phenoxy) is 2. The highest BCUT2D eigenvalue weighted by molar-refractivity contribution is 6.05. The summed E-state index contributed by atoms with van der Waals surface area (Å²) >= 11 is 0. The van der Waals surface area contributed by atoms with E-state index in [1.54, 1.807) is 26.4 Å². The maximum absolute atomic E-state index is 13.8. The number of nitrogens with zero attached hydrogens (tertiary/aromatic N) is 3. The molecule has 0 radical (unpaired) electrons. The van der Waals surface area contributed by atoms with E-state index in [2.05, 4.69) is 5.10 Å². The van der Waals surface area contributed by atoms with Gasteiger partial charge in [0.25, 0.3) is 11.5 Å². The molecule has 7 nitrogen and oxygen atoms in total. The van der Waals surface area contributed by atoms with Gasteiger partial charge in [0, 0.05) is 17.0 Å². The fourth-order valence-electron chi connectivity index (χ4n) is 3.79. The Balaban J connectivity index is 1.80. The maximum atomic E-state index is 13.8. The van der Waals surface area contributed by atoms with E-state index in [0.29, 0.717) is 34.5 Å². The van der Waals surface area contributed by atoms with Crippen molar-refractivity contribution in [1.82, 2.24) is 14.7 Å². The molecular formula is C24H27N3O4. The number of benzene rings is 2. The third kappa shape index (κ3) is 4.00. The highest BCUT2D eigenvalue weighted by Crippen LogP contribution is 2.33. The molecule has 1 amide bonds. The number of carbonyl (C=O) groups is 1. The maximum Gasteiger partial charge on any atom is 0.275 e. The largest absolute Gasteiger partial charge is 0.497 e. The summed E-state index contributed by atoms with van der Waals surface area (Å²) in [6.45, 7) is 4.15. The molecular weight excluding hydrogens is 394 g/mol. The van der Waals surface area contributed by atoms with Gasteiger partial charge in [-0.3, -0.25) is 9.59 Å². The standard InChI is InChI=1S/C24H27N3O4/c1-15(2)27-23(28)20-8-6-5-7-19(20)22(25-27)24(29)26(17-9-10-17)14-16-13-18(30-3)11-12-21(16)31-4/h5-8,11-13,15,17H,9-10,14H2,1-4H3. The molecule has 162 valence electrons. The van der Waals surface area contributed by atoms with Crippen LogP contribution in [0.25, 0.3) is 10.8 Å². The van der Waals surface area contributed by atoms with E-state index < -0.39 is 0 Å². The molecule has 1 aliphatic carbocycles. The first kappa shape index (κ1) is 20.9. The molecule has 1 aromatic heterocycles. The zero-order chi connectivity index (χ0) is 22.1. The third-order valence-corrected chi connectivity index (χ3v) is 5.60. The molecule has 3 aromatic rings. The second-order valence-electron chi connectivity index (χ2n) is 8.08. The first-order valence-electron chi connectivity index (χ1n) is 10.5. The lowest BCUT2D eigenvalue weighted by Crippen LogP contribution is -2.36. The average Bonchev–Trinajstić information content (AvgIpc) is 3.62. The van der Waals surface area contributed by atoms with Crippen LogP contribution in [0.2, 0.25) is 0 Å². The Morgan fingerprint density at radius 2 is 1.84 bits per heavy atom. The van der Waals surface area contributed by atoms with Crippen LogP contribution >= 0.6 is 0 Å². The van der Waals surface area contributed by atoms with Crippen molar-refractivity contribution in [2.24, 2.45) is 0 Å². The van der Waals surface area contributed by atoms with Crippen LogP contribution in [0.15, 0.2) is 47.3 Å². The lowest BCUT2D eigenvalue weighted by molar-refractivity contribution is 0.0721. The first-order valence-corrected chi connectivity index (χ1v) is 10.5. The van der Waals surface area contributed by atoms with Gasteiger partial charge in [-0.25, -0.2) is 4.68 Å². The van der Waals surface area contributed by atoms with Crippen molar-refractivity contribution >= 4 is 16.7 Å². The second-order valence-corrected chi connectivity index (χ2v) is 8.08. The summed E-state index contributed by atoms with van der Waals surface area (Å²) in [5.41, 5.74) is 0.982. The van der Waals surface area contributed by atoms with Crippen molar-refractivity contribution in [3.8, 4) is 11.5 Å². The van der Waals surface area contributed by atoms with Crippen LogP contribution in [0, 0.1) is 0 Å². The van der Waals surface area contributed by atoms with Gasteiger partial charge in [0.2, 0.25) is 0 Å². The van der Waals surface area contributed by atoms with Crippen molar-refractivity contribution < 1.29 is 14.3 Å². The van der Waals surface area contributed by atoms with Gasteiger partial charge in [-0.05, 0) is 51.0 Å². The van der Waals surface area contributed by atoms with Gasteiger partial charge in [-0.1, -0.05) is 18.2 Å². The summed E-state index contributed by atoms with van der Waals surface area (Å²) in [4.78, 5) is 28.4. The van der Waals surface area contributed by atoms with E-state index >= 15 is 0 Å². The molecule has 7 heteroatoms. The van der Waals surface area contributed by atoms with Crippen molar-refractivity contribution in [3.05, 3.63) is 64.1 Å². The molecule has 1 fully saturated rings. The van der Waals surface area contributed by atoms with E-state index in [4.69, 9.17) is 9.47 Å². The second kappa shape index (κ2) is 8.41. The molecule has 0 bridgehead atoms. The van der Waals surface area contributed by atoms with Crippen LogP contribution in [0.5, 0.6) is 11.5 Å². The highest BCUT2D eigenvalue weighted by Gasteiger charge is 2.35. The van der Waals surface area contributed by atoms with Crippen molar-refractivity contribution in [2.75, 3.05) is 14.2 Å². The van der Waals surface area contributed by atoms with Crippen molar-refractivity contribution in [3.63, 3.8) is 0 Å².